The van der Waals surface area contributed by atoms with E-state index in [4.69, 9.17) is 0 Å². The van der Waals surface area contributed by atoms with E-state index in [9.17, 15) is 0 Å². The SMILES string of the molecule is CN(C)C[C]1[CH][CH][CH][C]1P(C(C)(C)C)C(C)(C)C. The molecule has 1 rings (SSSR count). The van der Waals surface area contributed by atoms with Crippen molar-refractivity contribution >= 4 is 7.92 Å². The minimum absolute atomic E-state index is 0.179. The van der Waals surface area contributed by atoms with Gasteiger partial charge in [0.1, 0.15) is 0 Å². The fourth-order valence-corrected chi connectivity index (χ4v) is 6.99. The lowest BCUT2D eigenvalue weighted by Crippen LogP contribution is -2.31. The highest BCUT2D eigenvalue weighted by Crippen LogP contribution is 2.70. The van der Waals surface area contributed by atoms with Gasteiger partial charge in [-0.15, -0.1) is 0 Å². The van der Waals surface area contributed by atoms with Gasteiger partial charge in [-0.05, 0) is 43.7 Å². The van der Waals surface area contributed by atoms with Crippen molar-refractivity contribution in [2.24, 2.45) is 0 Å². The predicted octanol–water partition coefficient (Wildman–Crippen LogP) is 4.36. The quantitative estimate of drug-likeness (QED) is 0.686. The van der Waals surface area contributed by atoms with Crippen LogP contribution in [-0.4, -0.2) is 35.9 Å². The molecular formula is C16H29NP. The first-order valence-electron chi connectivity index (χ1n) is 6.73. The number of hydrogen-bond acceptors (Lipinski definition) is 1. The minimum Gasteiger partial charge on any atom is -0.309 e. The van der Waals surface area contributed by atoms with Crippen molar-refractivity contribution in [3.05, 3.63) is 30.8 Å². The molecule has 18 heavy (non-hydrogen) atoms. The predicted molar refractivity (Wildman–Crippen MR) is 84.4 cm³/mol. The highest BCUT2D eigenvalue weighted by molar-refractivity contribution is 7.64. The van der Waals surface area contributed by atoms with Crippen LogP contribution in [0.4, 0.5) is 0 Å². The molecule has 1 aliphatic carbocycles. The lowest BCUT2D eigenvalue weighted by Gasteiger charge is -2.47. The van der Waals surface area contributed by atoms with Crippen LogP contribution in [0, 0.1) is 30.8 Å². The Labute approximate surface area is 116 Å². The molecule has 1 fully saturated rings. The Morgan fingerprint density at radius 1 is 0.944 bits per heavy atom. The van der Waals surface area contributed by atoms with Gasteiger partial charge in [-0.3, -0.25) is 0 Å². The van der Waals surface area contributed by atoms with E-state index in [1.807, 2.05) is 0 Å². The molecule has 0 saturated heterocycles. The summed E-state index contributed by atoms with van der Waals surface area (Å²) in [5.41, 5.74) is 1.60. The van der Waals surface area contributed by atoms with Gasteiger partial charge in [-0.25, -0.2) is 0 Å². The average molecular weight is 266 g/mol. The normalized spacial score (nSPS) is 20.3. The van der Waals surface area contributed by atoms with Gasteiger partial charge in [0.2, 0.25) is 0 Å². The Hall–Kier alpha value is 0.390. The van der Waals surface area contributed by atoms with Crippen LogP contribution in [0.3, 0.4) is 0 Å². The fraction of sp³-hybridized carbons (Fsp3) is 0.688. The maximum Gasteiger partial charge on any atom is 0.0132 e. The van der Waals surface area contributed by atoms with Crippen LogP contribution in [0.1, 0.15) is 41.5 Å². The van der Waals surface area contributed by atoms with E-state index in [0.717, 1.165) is 6.54 Å². The van der Waals surface area contributed by atoms with E-state index in [1.54, 1.807) is 5.66 Å². The van der Waals surface area contributed by atoms with Crippen LogP contribution in [0.5, 0.6) is 0 Å². The topological polar surface area (TPSA) is 3.24 Å². The highest BCUT2D eigenvalue weighted by atomic mass is 31.1. The van der Waals surface area contributed by atoms with Gasteiger partial charge in [-0.1, -0.05) is 49.5 Å². The molecule has 0 spiro atoms. The molecular weight excluding hydrogens is 237 g/mol. The molecule has 1 saturated carbocycles. The van der Waals surface area contributed by atoms with Crippen molar-refractivity contribution in [3.63, 3.8) is 0 Å². The summed E-state index contributed by atoms with van der Waals surface area (Å²) in [6.45, 7) is 15.4. The van der Waals surface area contributed by atoms with Crippen LogP contribution >= 0.6 is 7.92 Å². The molecule has 0 amide bonds. The molecule has 0 atom stereocenters. The van der Waals surface area contributed by atoms with Crippen LogP contribution in [0.25, 0.3) is 0 Å². The zero-order valence-electron chi connectivity index (χ0n) is 13.3. The highest BCUT2D eigenvalue weighted by Gasteiger charge is 2.45. The summed E-state index contributed by atoms with van der Waals surface area (Å²) in [5.74, 6) is 1.51. The fourth-order valence-electron chi connectivity index (χ4n) is 2.87. The number of rotatable bonds is 3. The molecule has 1 nitrogen and oxygen atoms in total. The van der Waals surface area contributed by atoms with E-state index in [2.05, 4.69) is 79.8 Å². The number of hydrogen-bond donors (Lipinski definition) is 0. The first-order valence-corrected chi connectivity index (χ1v) is 8.07. The molecule has 0 aliphatic heterocycles. The van der Waals surface area contributed by atoms with Crippen LogP contribution in [-0.2, 0) is 0 Å². The minimum atomic E-state index is -0.179. The Kier molecular flexibility index (Phi) is 5.30. The second kappa shape index (κ2) is 5.80. The summed E-state index contributed by atoms with van der Waals surface area (Å²) < 4.78 is 0. The first kappa shape index (κ1) is 16.4. The molecule has 0 aromatic rings. The first-order chi connectivity index (χ1) is 8.03. The zero-order valence-corrected chi connectivity index (χ0v) is 14.2. The van der Waals surface area contributed by atoms with Crippen molar-refractivity contribution in [1.82, 2.24) is 4.90 Å². The second-order valence-corrected chi connectivity index (χ2v) is 11.2. The van der Waals surface area contributed by atoms with Crippen molar-refractivity contribution < 1.29 is 0 Å². The summed E-state index contributed by atoms with van der Waals surface area (Å²) in [6, 6.07) is 0. The third-order valence-corrected chi connectivity index (χ3v) is 6.55. The van der Waals surface area contributed by atoms with E-state index < -0.39 is 0 Å². The Morgan fingerprint density at radius 3 is 1.83 bits per heavy atom. The molecule has 0 aromatic heterocycles. The molecule has 2 heteroatoms. The Balaban J connectivity index is 2.92. The Morgan fingerprint density at radius 2 is 1.44 bits per heavy atom. The van der Waals surface area contributed by atoms with Gasteiger partial charge in [-0.2, -0.15) is 0 Å². The molecule has 0 bridgehead atoms. The lowest BCUT2D eigenvalue weighted by molar-refractivity contribution is 0.430. The largest absolute Gasteiger partial charge is 0.309 e. The summed E-state index contributed by atoms with van der Waals surface area (Å²) in [6.07, 6.45) is 6.87. The van der Waals surface area contributed by atoms with E-state index in [0.29, 0.717) is 10.3 Å². The van der Waals surface area contributed by atoms with E-state index in [-0.39, 0.29) is 7.92 Å². The van der Waals surface area contributed by atoms with Gasteiger partial charge in [0.05, 0.1) is 0 Å². The van der Waals surface area contributed by atoms with Gasteiger partial charge < -0.3 is 4.90 Å². The van der Waals surface area contributed by atoms with Gasteiger partial charge >= 0.3 is 0 Å². The summed E-state index contributed by atoms with van der Waals surface area (Å²) >= 11 is 0. The molecule has 103 valence electrons. The molecule has 5 radical (unpaired) electrons. The summed E-state index contributed by atoms with van der Waals surface area (Å²) in [4.78, 5) is 2.26. The molecule has 0 aromatic carbocycles. The summed E-state index contributed by atoms with van der Waals surface area (Å²) in [7, 11) is 4.11. The molecule has 0 heterocycles. The third-order valence-electron chi connectivity index (χ3n) is 2.95. The van der Waals surface area contributed by atoms with Crippen LogP contribution in [0.2, 0.25) is 0 Å². The second-order valence-electron chi connectivity index (χ2n) is 7.35. The Bertz CT molecular complexity index is 245. The maximum absolute atomic E-state index is 2.39. The smallest absolute Gasteiger partial charge is 0.0132 e. The van der Waals surface area contributed by atoms with E-state index >= 15 is 0 Å². The lowest BCUT2D eigenvalue weighted by atomic mass is 10.1. The molecule has 0 unspecified atom stereocenters. The third kappa shape index (κ3) is 4.20. The summed E-state index contributed by atoms with van der Waals surface area (Å²) in [5, 5.41) is 0.700. The van der Waals surface area contributed by atoms with Crippen molar-refractivity contribution in [2.45, 2.75) is 51.9 Å². The average Bonchev–Trinajstić information content (AvgIpc) is 2.46. The number of nitrogens with zero attached hydrogens (tertiary/aromatic N) is 1. The van der Waals surface area contributed by atoms with Gasteiger partial charge in [0.25, 0.3) is 0 Å². The molecule has 1 aliphatic rings. The van der Waals surface area contributed by atoms with Crippen LogP contribution < -0.4 is 0 Å². The van der Waals surface area contributed by atoms with Crippen molar-refractivity contribution in [2.75, 3.05) is 20.6 Å². The zero-order chi connectivity index (χ0) is 14.1. The van der Waals surface area contributed by atoms with Crippen molar-refractivity contribution in [1.29, 1.82) is 0 Å². The van der Waals surface area contributed by atoms with Crippen molar-refractivity contribution in [3.8, 4) is 0 Å². The van der Waals surface area contributed by atoms with Gasteiger partial charge in [0, 0.05) is 18.1 Å². The monoisotopic (exact) mass is 266 g/mol. The van der Waals surface area contributed by atoms with Crippen LogP contribution in [0.15, 0.2) is 0 Å². The molecule has 0 N–H and O–H groups in total. The maximum atomic E-state index is 2.39. The standard InChI is InChI=1S/C16H29NP/c1-15(2,3)18(16(4,5)6)14-11-9-10-13(14)12-17(7)8/h9-11H,12H2,1-8H3. The van der Waals surface area contributed by atoms with E-state index in [1.165, 1.54) is 5.92 Å². The van der Waals surface area contributed by atoms with Gasteiger partial charge in [0.15, 0.2) is 0 Å².